The average molecular weight is 765 g/mol. The molecule has 0 N–H and O–H groups in total. The Balaban J connectivity index is 1.50. The van der Waals surface area contributed by atoms with Gasteiger partial charge in [0.2, 0.25) is 0 Å². The van der Waals surface area contributed by atoms with Gasteiger partial charge in [-0.25, -0.2) is 9.79 Å². The van der Waals surface area contributed by atoms with Gasteiger partial charge in [0, 0.05) is 6.20 Å². The van der Waals surface area contributed by atoms with E-state index in [2.05, 4.69) is 27.6 Å². The van der Waals surface area contributed by atoms with E-state index in [0.29, 0.717) is 62.0 Å². The van der Waals surface area contributed by atoms with Gasteiger partial charge in [-0.3, -0.25) is 9.36 Å². The second kappa shape index (κ2) is 14.2. The van der Waals surface area contributed by atoms with Crippen molar-refractivity contribution in [1.82, 2.24) is 4.57 Å². The molecule has 12 heteroatoms. The number of methoxy groups -OCH3 is 1. The molecule has 0 unspecified atom stereocenters. The van der Waals surface area contributed by atoms with Crippen LogP contribution in [0.25, 0.3) is 6.08 Å². The Morgan fingerprint density at radius 1 is 0.977 bits per heavy atom. The highest BCUT2D eigenvalue weighted by Crippen LogP contribution is 2.35. The minimum Gasteiger partial charge on any atom is -0.490 e. The first-order valence-electron chi connectivity index (χ1n) is 13.6. The van der Waals surface area contributed by atoms with Crippen molar-refractivity contribution in [2.24, 2.45) is 4.99 Å². The highest BCUT2D eigenvalue weighted by Gasteiger charge is 2.31. The molecule has 0 amide bonds. The summed E-state index contributed by atoms with van der Waals surface area (Å²) in [5.74, 6) is 1.21. The summed E-state index contributed by atoms with van der Waals surface area (Å²) in [5, 5.41) is 0.958. The van der Waals surface area contributed by atoms with Gasteiger partial charge in [-0.15, -0.1) is 0 Å². The summed E-state index contributed by atoms with van der Waals surface area (Å²) in [6, 6.07) is 15.6. The molecule has 1 aromatic heterocycles. The summed E-state index contributed by atoms with van der Waals surface area (Å²) < 4.78 is 25.4. The molecule has 0 saturated heterocycles. The van der Waals surface area contributed by atoms with Crippen molar-refractivity contribution in [1.29, 1.82) is 0 Å². The lowest BCUT2D eigenvalue weighted by atomic mass is 9.97. The quantitative estimate of drug-likeness (QED) is 0.139. The number of halogens is 3. The SMILES string of the molecule is CCOc1ccc([C@@H]2C(C(=O)OC)=CN=c3s/c(=C\c4ccc(OCc5ccc(Cl)c(Cl)c5)c(I)c4)c(=O)n32)cc1OCC. The number of nitrogens with zero attached hydrogens (tertiary/aromatic N) is 2. The van der Waals surface area contributed by atoms with Crippen LogP contribution in [0, 0.1) is 3.57 Å². The van der Waals surface area contributed by atoms with Crippen molar-refractivity contribution in [3.05, 3.63) is 116 Å². The molecule has 1 atom stereocenters. The van der Waals surface area contributed by atoms with Gasteiger partial charge in [0.25, 0.3) is 5.56 Å². The lowest BCUT2D eigenvalue weighted by Gasteiger charge is -2.23. The zero-order valence-corrected chi connectivity index (χ0v) is 28.4. The van der Waals surface area contributed by atoms with Gasteiger partial charge in [-0.05, 0) is 95.6 Å². The number of benzene rings is 3. The summed E-state index contributed by atoms with van der Waals surface area (Å²) in [6.07, 6.45) is 3.27. The first-order valence-corrected chi connectivity index (χ1v) is 16.2. The first kappa shape index (κ1) is 32.1. The second-order valence-corrected chi connectivity index (χ2v) is 12.5. The molecular formula is C32H27Cl2IN2O6S. The van der Waals surface area contributed by atoms with Crippen molar-refractivity contribution in [3.8, 4) is 17.2 Å². The monoisotopic (exact) mass is 764 g/mol. The fourth-order valence-electron chi connectivity index (χ4n) is 4.65. The van der Waals surface area contributed by atoms with Crippen molar-refractivity contribution in [2.75, 3.05) is 20.3 Å². The Kier molecular flexibility index (Phi) is 10.3. The second-order valence-electron chi connectivity index (χ2n) is 9.48. The minimum atomic E-state index is -0.770. The molecule has 0 saturated carbocycles. The molecule has 0 radical (unpaired) electrons. The number of thiazole rings is 1. The Hall–Kier alpha value is -3.32. The minimum absolute atomic E-state index is 0.232. The van der Waals surface area contributed by atoms with Gasteiger partial charge in [0.15, 0.2) is 16.3 Å². The third-order valence-corrected chi connectivity index (χ3v) is 9.22. The molecule has 1 aliphatic heterocycles. The van der Waals surface area contributed by atoms with Crippen LogP contribution >= 0.6 is 57.1 Å². The van der Waals surface area contributed by atoms with Crippen LogP contribution in [0.5, 0.6) is 17.2 Å². The number of ether oxygens (including phenoxy) is 4. The van der Waals surface area contributed by atoms with E-state index in [1.165, 1.54) is 29.2 Å². The lowest BCUT2D eigenvalue weighted by molar-refractivity contribution is -0.136. The van der Waals surface area contributed by atoms with Gasteiger partial charge >= 0.3 is 5.97 Å². The molecule has 228 valence electrons. The third kappa shape index (κ3) is 6.83. The van der Waals surface area contributed by atoms with E-state index in [-0.39, 0.29) is 11.1 Å². The average Bonchev–Trinajstić information content (AvgIpc) is 3.33. The van der Waals surface area contributed by atoms with Crippen LogP contribution in [-0.2, 0) is 16.1 Å². The van der Waals surface area contributed by atoms with Crippen LogP contribution in [0.1, 0.15) is 36.6 Å². The number of hydrogen-bond donors (Lipinski definition) is 0. The smallest absolute Gasteiger partial charge is 0.337 e. The molecule has 0 aliphatic carbocycles. The summed E-state index contributed by atoms with van der Waals surface area (Å²) in [5.41, 5.74) is 2.31. The van der Waals surface area contributed by atoms with Crippen molar-refractivity contribution < 1.29 is 23.7 Å². The maximum absolute atomic E-state index is 13.9. The predicted octanol–water partition coefficient (Wildman–Crippen LogP) is 6.31. The van der Waals surface area contributed by atoms with E-state index < -0.39 is 12.0 Å². The number of hydrogen-bond acceptors (Lipinski definition) is 8. The molecule has 0 spiro atoms. The van der Waals surface area contributed by atoms with Crippen LogP contribution in [0.15, 0.2) is 76.2 Å². The highest BCUT2D eigenvalue weighted by molar-refractivity contribution is 14.1. The van der Waals surface area contributed by atoms with Crippen molar-refractivity contribution in [3.63, 3.8) is 0 Å². The van der Waals surface area contributed by atoms with Gasteiger partial charge in [-0.1, -0.05) is 52.7 Å². The Morgan fingerprint density at radius 3 is 2.43 bits per heavy atom. The van der Waals surface area contributed by atoms with Crippen LogP contribution in [-0.4, -0.2) is 30.9 Å². The first-order chi connectivity index (χ1) is 21.2. The van der Waals surface area contributed by atoms with Crippen molar-refractivity contribution in [2.45, 2.75) is 26.5 Å². The van der Waals surface area contributed by atoms with Gasteiger partial charge < -0.3 is 18.9 Å². The van der Waals surface area contributed by atoms with E-state index >= 15 is 0 Å². The Morgan fingerprint density at radius 2 is 1.73 bits per heavy atom. The normalized spacial score (nSPS) is 14.4. The van der Waals surface area contributed by atoms with Crippen LogP contribution < -0.4 is 29.1 Å². The molecule has 8 nitrogen and oxygen atoms in total. The van der Waals surface area contributed by atoms with E-state index in [1.807, 2.05) is 44.2 Å². The number of carbonyl (C=O) groups excluding carboxylic acids is 1. The molecule has 0 bridgehead atoms. The Labute approximate surface area is 281 Å². The molecule has 4 aromatic rings. The predicted molar refractivity (Wildman–Crippen MR) is 180 cm³/mol. The van der Waals surface area contributed by atoms with Crippen molar-refractivity contribution >= 4 is 69.2 Å². The Bertz CT molecular complexity index is 1940. The van der Waals surface area contributed by atoms with Gasteiger partial charge in [0.1, 0.15) is 12.4 Å². The molecule has 3 aromatic carbocycles. The number of aromatic nitrogens is 1. The van der Waals surface area contributed by atoms with Gasteiger partial charge in [0.05, 0.1) is 50.1 Å². The fraction of sp³-hybridized carbons (Fsp3) is 0.219. The topological polar surface area (TPSA) is 88.4 Å². The standard InChI is InChI=1S/C32H27Cl2IN2O6S/c1-4-41-26-11-8-20(15-27(26)42-5-2)29-21(31(39)40-3)16-36-32-37(29)30(38)28(44-32)14-18-7-10-25(24(35)13-18)43-17-19-6-9-22(33)23(34)12-19/h6-16,29H,4-5,17H2,1-3H3/b28-14-/t29-/m1/s1. The van der Waals surface area contributed by atoms with E-state index in [4.69, 9.17) is 42.1 Å². The molecular weight excluding hydrogens is 738 g/mol. The lowest BCUT2D eigenvalue weighted by Crippen LogP contribution is -2.39. The summed E-state index contributed by atoms with van der Waals surface area (Å²) in [4.78, 5) is 31.7. The molecule has 0 fully saturated rings. The highest BCUT2D eigenvalue weighted by atomic mass is 127. The summed E-state index contributed by atoms with van der Waals surface area (Å²) in [7, 11) is 1.30. The summed E-state index contributed by atoms with van der Waals surface area (Å²) >= 11 is 15.6. The van der Waals surface area contributed by atoms with Crippen LogP contribution in [0.4, 0.5) is 0 Å². The molecule has 1 aliphatic rings. The number of esters is 1. The van der Waals surface area contributed by atoms with Crippen LogP contribution in [0.3, 0.4) is 0 Å². The maximum Gasteiger partial charge on any atom is 0.337 e. The number of rotatable bonds is 10. The van der Waals surface area contributed by atoms with Gasteiger partial charge in [-0.2, -0.15) is 0 Å². The summed E-state index contributed by atoms with van der Waals surface area (Å²) in [6.45, 7) is 4.97. The maximum atomic E-state index is 13.9. The fourth-order valence-corrected chi connectivity index (χ4v) is 6.64. The number of fused-ring (bicyclic) bond motifs is 1. The zero-order valence-electron chi connectivity index (χ0n) is 23.9. The largest absolute Gasteiger partial charge is 0.490 e. The third-order valence-electron chi connectivity index (χ3n) is 6.64. The molecule has 2 heterocycles. The van der Waals surface area contributed by atoms with E-state index in [1.54, 1.807) is 30.3 Å². The number of carbonyl (C=O) groups is 1. The zero-order chi connectivity index (χ0) is 31.4. The van der Waals surface area contributed by atoms with Crippen LogP contribution in [0.2, 0.25) is 10.0 Å². The molecule has 44 heavy (non-hydrogen) atoms. The van der Waals surface area contributed by atoms with E-state index in [0.717, 1.165) is 14.7 Å². The van der Waals surface area contributed by atoms with E-state index in [9.17, 15) is 9.59 Å². The molecule has 5 rings (SSSR count).